The summed E-state index contributed by atoms with van der Waals surface area (Å²) in [6.07, 6.45) is 34.6. The van der Waals surface area contributed by atoms with E-state index in [1.807, 2.05) is 0 Å². The number of carbonyl (C=O) groups is 2. The molecule has 0 saturated carbocycles. The van der Waals surface area contributed by atoms with Crippen molar-refractivity contribution in [3.05, 3.63) is 36.5 Å². The van der Waals surface area contributed by atoms with Gasteiger partial charge in [-0.15, -0.1) is 0 Å². The molecule has 0 aliphatic heterocycles. The zero-order valence-electron chi connectivity index (χ0n) is 29.8. The first-order chi connectivity index (χ1) is 22.8. The van der Waals surface area contributed by atoms with Gasteiger partial charge in [0.05, 0.1) is 13.2 Å². The minimum absolute atomic E-state index is 0.0510. The first-order valence-corrected chi connectivity index (χ1v) is 20.0. The van der Waals surface area contributed by atoms with E-state index in [4.69, 9.17) is 24.3 Å². The lowest BCUT2D eigenvalue weighted by Gasteiger charge is -2.19. The van der Waals surface area contributed by atoms with Gasteiger partial charge in [-0.25, -0.2) is 4.57 Å². The molecule has 0 aromatic rings. The Bertz CT molecular complexity index is 876. The van der Waals surface area contributed by atoms with Crippen molar-refractivity contribution in [3.8, 4) is 0 Å². The average molecular weight is 686 g/mol. The van der Waals surface area contributed by atoms with Crippen molar-refractivity contribution >= 4 is 19.8 Å². The fraction of sp³-hybridized carbons (Fsp3) is 0.784. The number of hydrogen-bond acceptors (Lipinski definition) is 8. The lowest BCUT2D eigenvalue weighted by atomic mass is 10.1. The molecule has 0 fully saturated rings. The van der Waals surface area contributed by atoms with Crippen LogP contribution in [0.4, 0.5) is 0 Å². The van der Waals surface area contributed by atoms with Crippen LogP contribution < -0.4 is 5.73 Å². The first kappa shape index (κ1) is 45.2. The van der Waals surface area contributed by atoms with Gasteiger partial charge in [-0.05, 0) is 44.9 Å². The van der Waals surface area contributed by atoms with E-state index in [1.165, 1.54) is 44.9 Å². The van der Waals surface area contributed by atoms with Crippen LogP contribution in [0.3, 0.4) is 0 Å². The Morgan fingerprint density at radius 1 is 0.660 bits per heavy atom. The maximum atomic E-state index is 12.5. The van der Waals surface area contributed by atoms with Gasteiger partial charge in [-0.3, -0.25) is 18.6 Å². The molecular formula is C37H68NO8P. The number of carbonyl (C=O) groups excluding carboxylic acids is 2. The van der Waals surface area contributed by atoms with Crippen LogP contribution >= 0.6 is 7.82 Å². The molecule has 0 radical (unpaired) electrons. The van der Waals surface area contributed by atoms with Crippen molar-refractivity contribution in [2.45, 2.75) is 161 Å². The summed E-state index contributed by atoms with van der Waals surface area (Å²) in [5.41, 5.74) is 5.32. The summed E-state index contributed by atoms with van der Waals surface area (Å²) in [6, 6.07) is 0. The number of phosphoric acid groups is 1. The van der Waals surface area contributed by atoms with E-state index in [9.17, 15) is 19.0 Å². The van der Waals surface area contributed by atoms with Crippen LogP contribution in [0, 0.1) is 0 Å². The van der Waals surface area contributed by atoms with Crippen LogP contribution in [0.15, 0.2) is 36.5 Å². The van der Waals surface area contributed by atoms with Crippen LogP contribution in [0.1, 0.15) is 155 Å². The second-order valence-electron chi connectivity index (χ2n) is 12.1. The van der Waals surface area contributed by atoms with Crippen molar-refractivity contribution < 1.29 is 37.6 Å². The molecule has 274 valence electrons. The van der Waals surface area contributed by atoms with Crippen molar-refractivity contribution in [2.75, 3.05) is 26.4 Å². The number of ether oxygens (including phenoxy) is 2. The molecule has 0 aliphatic rings. The molecule has 0 aromatic carbocycles. The number of phosphoric ester groups is 1. The molecule has 9 nitrogen and oxygen atoms in total. The van der Waals surface area contributed by atoms with Crippen LogP contribution in [0.2, 0.25) is 0 Å². The normalized spacial score (nSPS) is 13.9. The molecule has 0 amide bonds. The van der Waals surface area contributed by atoms with Gasteiger partial charge in [0.1, 0.15) is 6.61 Å². The van der Waals surface area contributed by atoms with E-state index in [-0.39, 0.29) is 32.6 Å². The summed E-state index contributed by atoms with van der Waals surface area (Å²) in [7, 11) is -4.37. The van der Waals surface area contributed by atoms with Crippen molar-refractivity contribution in [1.29, 1.82) is 0 Å². The van der Waals surface area contributed by atoms with Crippen molar-refractivity contribution in [2.24, 2.45) is 5.73 Å². The zero-order valence-corrected chi connectivity index (χ0v) is 30.7. The molecular weight excluding hydrogens is 617 g/mol. The second kappa shape index (κ2) is 34.1. The van der Waals surface area contributed by atoms with Crippen LogP contribution in [-0.4, -0.2) is 49.3 Å². The Kier molecular flexibility index (Phi) is 32.8. The first-order valence-electron chi connectivity index (χ1n) is 18.5. The van der Waals surface area contributed by atoms with Crippen molar-refractivity contribution in [3.63, 3.8) is 0 Å². The molecule has 1 unspecified atom stereocenters. The van der Waals surface area contributed by atoms with Gasteiger partial charge in [0.15, 0.2) is 6.10 Å². The summed E-state index contributed by atoms with van der Waals surface area (Å²) in [4.78, 5) is 34.6. The van der Waals surface area contributed by atoms with Gasteiger partial charge in [-0.1, -0.05) is 134 Å². The van der Waals surface area contributed by atoms with Gasteiger partial charge in [-0.2, -0.15) is 0 Å². The predicted molar refractivity (Wildman–Crippen MR) is 192 cm³/mol. The maximum absolute atomic E-state index is 12.5. The third-order valence-electron chi connectivity index (χ3n) is 7.54. The zero-order chi connectivity index (χ0) is 34.7. The highest BCUT2D eigenvalue weighted by molar-refractivity contribution is 7.47. The quantitative estimate of drug-likeness (QED) is 0.0294. The Hall–Kier alpha value is -1.77. The van der Waals surface area contributed by atoms with Gasteiger partial charge in [0, 0.05) is 19.4 Å². The standard InChI is InChI=1S/C37H68NO8P/c1-3-5-7-9-11-13-15-16-17-18-20-21-23-25-27-29-36(39)43-33-35(34-45-47(41,42)44-32-31-38)46-37(40)30-28-26-24-22-19-14-12-10-8-6-4-2/h5,7,11,13,16-17,35H,3-4,6,8-10,12,14-15,18-34,38H2,1-2H3,(H,41,42)/b7-5+,13-11+,17-16+/t35-/m1/s1. The Morgan fingerprint density at radius 2 is 1.17 bits per heavy atom. The van der Waals surface area contributed by atoms with Gasteiger partial charge in [0.2, 0.25) is 0 Å². The summed E-state index contributed by atoms with van der Waals surface area (Å²) >= 11 is 0. The topological polar surface area (TPSA) is 134 Å². The van der Waals surface area contributed by atoms with Crippen LogP contribution in [-0.2, 0) is 32.7 Å². The number of rotatable bonds is 34. The third-order valence-corrected chi connectivity index (χ3v) is 8.52. The van der Waals surface area contributed by atoms with E-state index >= 15 is 0 Å². The molecule has 0 aromatic heterocycles. The summed E-state index contributed by atoms with van der Waals surface area (Å²) in [6.45, 7) is 3.57. The largest absolute Gasteiger partial charge is 0.472 e. The lowest BCUT2D eigenvalue weighted by Crippen LogP contribution is -2.29. The van der Waals surface area contributed by atoms with Crippen molar-refractivity contribution in [1.82, 2.24) is 0 Å². The molecule has 3 N–H and O–H groups in total. The summed E-state index contributed by atoms with van der Waals surface area (Å²) < 4.78 is 32.6. The van der Waals surface area contributed by atoms with E-state index in [0.717, 1.165) is 70.6 Å². The Morgan fingerprint density at radius 3 is 1.74 bits per heavy atom. The maximum Gasteiger partial charge on any atom is 0.472 e. The molecule has 0 saturated heterocycles. The molecule has 0 spiro atoms. The minimum atomic E-state index is -4.37. The Balaban J connectivity index is 4.25. The molecule has 0 heterocycles. The fourth-order valence-electron chi connectivity index (χ4n) is 4.82. The number of nitrogens with two attached hydrogens (primary N) is 1. The average Bonchev–Trinajstić information content (AvgIpc) is 3.05. The highest BCUT2D eigenvalue weighted by Gasteiger charge is 2.25. The van der Waals surface area contributed by atoms with E-state index < -0.39 is 32.5 Å². The molecule has 47 heavy (non-hydrogen) atoms. The molecule has 10 heteroatoms. The number of hydrogen-bond donors (Lipinski definition) is 2. The number of esters is 2. The lowest BCUT2D eigenvalue weighted by molar-refractivity contribution is -0.161. The van der Waals surface area contributed by atoms with Crippen LogP contribution in [0.25, 0.3) is 0 Å². The SMILES string of the molecule is CC/C=C/C/C=C/C/C=C/CCCCCCCC(=O)OC[C@H](COP(=O)(O)OCCN)OC(=O)CCCCCCCCCCCCC. The Labute approximate surface area is 286 Å². The monoisotopic (exact) mass is 685 g/mol. The molecule has 0 rings (SSSR count). The highest BCUT2D eigenvalue weighted by Crippen LogP contribution is 2.43. The van der Waals surface area contributed by atoms with Crippen LogP contribution in [0.5, 0.6) is 0 Å². The smallest absolute Gasteiger partial charge is 0.462 e. The van der Waals surface area contributed by atoms with Gasteiger partial charge >= 0.3 is 19.8 Å². The van der Waals surface area contributed by atoms with E-state index in [1.54, 1.807) is 0 Å². The summed E-state index contributed by atoms with van der Waals surface area (Å²) in [5.74, 6) is -0.850. The fourth-order valence-corrected chi connectivity index (χ4v) is 5.59. The predicted octanol–water partition coefficient (Wildman–Crippen LogP) is 9.82. The van der Waals surface area contributed by atoms with E-state index in [2.05, 4.69) is 50.3 Å². The summed E-state index contributed by atoms with van der Waals surface area (Å²) in [5, 5.41) is 0. The number of unbranched alkanes of at least 4 members (excludes halogenated alkanes) is 15. The molecule has 2 atom stereocenters. The van der Waals surface area contributed by atoms with E-state index in [0.29, 0.717) is 12.8 Å². The number of allylic oxidation sites excluding steroid dienone is 6. The molecule has 0 aliphatic carbocycles. The second-order valence-corrected chi connectivity index (χ2v) is 13.5. The molecule has 0 bridgehead atoms. The third kappa shape index (κ3) is 33.9. The highest BCUT2D eigenvalue weighted by atomic mass is 31.2. The minimum Gasteiger partial charge on any atom is -0.462 e. The van der Waals surface area contributed by atoms with Gasteiger partial charge in [0.25, 0.3) is 0 Å². The van der Waals surface area contributed by atoms with Gasteiger partial charge < -0.3 is 20.1 Å².